The first kappa shape index (κ1) is 37.0. The second-order valence-corrected chi connectivity index (χ2v) is 16.0. The summed E-state index contributed by atoms with van der Waals surface area (Å²) in [5.41, 5.74) is -8.19. The molecule has 0 saturated carbocycles. The minimum absolute atomic E-state index is 0.000419. The molecule has 0 amide bonds. The van der Waals surface area contributed by atoms with E-state index in [1.165, 1.54) is 36.0 Å². The number of benzene rings is 4. The van der Waals surface area contributed by atoms with Crippen molar-refractivity contribution in [3.8, 4) is 0 Å². The van der Waals surface area contributed by atoms with Crippen LogP contribution in [0.1, 0.15) is 33.4 Å². The van der Waals surface area contributed by atoms with E-state index < -0.39 is 42.4 Å². The maximum atomic E-state index is 14.7. The molecule has 0 fully saturated rings. The van der Waals surface area contributed by atoms with Crippen LogP contribution in [0.3, 0.4) is 0 Å². The Morgan fingerprint density at radius 2 is 1.02 bits per heavy atom. The van der Waals surface area contributed by atoms with Crippen LogP contribution in [0.25, 0.3) is 0 Å². The molecule has 7 nitrogen and oxygen atoms in total. The van der Waals surface area contributed by atoms with Crippen LogP contribution in [0.5, 0.6) is 0 Å². The lowest BCUT2D eigenvalue weighted by atomic mass is 9.90. The molecule has 4 N–H and O–H groups in total. The topological polar surface area (TPSA) is 124 Å². The zero-order valence-corrected chi connectivity index (χ0v) is 27.6. The van der Waals surface area contributed by atoms with Crippen molar-refractivity contribution >= 4 is 27.0 Å². The molecule has 4 rings (SSSR count). The molecule has 0 bridgehead atoms. The summed E-state index contributed by atoms with van der Waals surface area (Å²) in [6.07, 6.45) is 0.634. The Morgan fingerprint density at radius 3 is 1.47 bits per heavy atom. The maximum Gasteiger partial charge on any atom is 0.399 e. The van der Waals surface area contributed by atoms with Crippen molar-refractivity contribution < 1.29 is 51.0 Å². The third-order valence-electron chi connectivity index (χ3n) is 7.45. The zero-order chi connectivity index (χ0) is 34.3. The van der Waals surface area contributed by atoms with E-state index >= 15 is 0 Å². The predicted molar refractivity (Wildman–Crippen MR) is 174 cm³/mol. The highest BCUT2D eigenvalue weighted by Gasteiger charge is 2.51. The summed E-state index contributed by atoms with van der Waals surface area (Å²) in [5, 5.41) is 0. The van der Waals surface area contributed by atoms with Crippen LogP contribution in [-0.4, -0.2) is 36.7 Å². The number of hydrogen-bond acceptors (Lipinski definition) is 4. The van der Waals surface area contributed by atoms with Gasteiger partial charge in [0.25, 0.3) is 0 Å². The molecule has 0 spiro atoms. The minimum atomic E-state index is -5.85. The molecule has 0 aliphatic carbocycles. The van der Waals surface area contributed by atoms with Gasteiger partial charge in [-0.2, -0.15) is 29.3 Å². The molecule has 47 heavy (non-hydrogen) atoms. The Labute approximate surface area is 274 Å². The first-order valence-corrected chi connectivity index (χ1v) is 18.6. The van der Waals surface area contributed by atoms with Gasteiger partial charge in [-0.3, -0.25) is 9.13 Å². The zero-order valence-electron chi connectivity index (χ0n) is 25.0. The number of halogens is 4. The molecule has 0 unspecified atom stereocenters. The summed E-state index contributed by atoms with van der Waals surface area (Å²) < 4.78 is 87.3. The number of alkyl halides is 4. The van der Waals surface area contributed by atoms with Gasteiger partial charge in [-0.25, -0.2) is 0 Å². The number of aryl methyl sites for hydroxylation is 1. The van der Waals surface area contributed by atoms with Crippen molar-refractivity contribution in [2.24, 2.45) is 0 Å². The van der Waals surface area contributed by atoms with Gasteiger partial charge >= 0.3 is 26.5 Å². The highest BCUT2D eigenvalue weighted by Crippen LogP contribution is 2.60. The number of hydrogen-bond donors (Lipinski definition) is 4. The van der Waals surface area contributed by atoms with E-state index in [9.17, 15) is 46.3 Å². The van der Waals surface area contributed by atoms with E-state index in [4.69, 9.17) is 4.74 Å². The van der Waals surface area contributed by atoms with Crippen LogP contribution in [0, 0.1) is 0 Å². The standard InChI is InChI=1S/C33H34F4O7P2S/c34-32(35,45(38,39)40)29-15-7-13-27(19-29)21-31(24-44-23-26-11-5-2-6-12-26,47-18-17-25-9-3-1-4-10-25)22-28-14-8-16-30(20-28)33(36,37)46(41,42)43/h1-16,19-20H,17-18,21-24H2,(H2,38,39,40)(H2,41,42,43). The fraction of sp³-hybridized carbons (Fsp3) is 0.273. The van der Waals surface area contributed by atoms with Crippen LogP contribution in [0.15, 0.2) is 109 Å². The van der Waals surface area contributed by atoms with Crippen molar-refractivity contribution in [2.75, 3.05) is 12.4 Å². The van der Waals surface area contributed by atoms with Crippen LogP contribution < -0.4 is 0 Å². The highest BCUT2D eigenvalue weighted by atomic mass is 32.2. The molecule has 4 aromatic rings. The van der Waals surface area contributed by atoms with Crippen molar-refractivity contribution in [3.63, 3.8) is 0 Å². The molecule has 0 saturated heterocycles. The van der Waals surface area contributed by atoms with Crippen LogP contribution in [-0.2, 0) is 51.1 Å². The Balaban J connectivity index is 1.76. The van der Waals surface area contributed by atoms with Gasteiger partial charge in [0, 0.05) is 15.9 Å². The molecule has 14 heteroatoms. The SMILES string of the molecule is O=P(O)(O)C(F)(F)c1cccc(CC(COCc2ccccc2)(Cc2cccc(C(F)(F)P(=O)(O)O)c2)SCCc2ccccc2)c1. The second kappa shape index (κ2) is 15.2. The summed E-state index contributed by atoms with van der Waals surface area (Å²) in [6, 6.07) is 28.2. The average Bonchev–Trinajstić information content (AvgIpc) is 3.01. The first-order chi connectivity index (χ1) is 22.0. The molecule has 0 radical (unpaired) electrons. The van der Waals surface area contributed by atoms with Gasteiger partial charge in [0.05, 0.1) is 13.2 Å². The van der Waals surface area contributed by atoms with Gasteiger partial charge in [-0.05, 0) is 59.4 Å². The normalized spacial score (nSPS) is 13.1. The Hall–Kier alpha value is -2.79. The van der Waals surface area contributed by atoms with Gasteiger partial charge in [-0.15, -0.1) is 0 Å². The fourth-order valence-corrected chi connectivity index (χ4v) is 7.51. The summed E-state index contributed by atoms with van der Waals surface area (Å²) >= 11 is 1.42. The number of thioether (sulfide) groups is 1. The van der Waals surface area contributed by atoms with Gasteiger partial charge in [-0.1, -0.05) is 97.1 Å². The lowest BCUT2D eigenvalue weighted by Crippen LogP contribution is -2.37. The van der Waals surface area contributed by atoms with E-state index in [1.54, 1.807) is 0 Å². The van der Waals surface area contributed by atoms with E-state index in [1.807, 2.05) is 60.7 Å². The van der Waals surface area contributed by atoms with Crippen LogP contribution in [0.2, 0.25) is 0 Å². The fourth-order valence-electron chi connectivity index (χ4n) is 5.08. The quantitative estimate of drug-likeness (QED) is 0.0684. The van der Waals surface area contributed by atoms with Crippen molar-refractivity contribution in [1.29, 1.82) is 0 Å². The van der Waals surface area contributed by atoms with Crippen molar-refractivity contribution in [1.82, 2.24) is 0 Å². The molecular weight excluding hydrogens is 678 g/mol. The molecule has 0 aliphatic heterocycles. The van der Waals surface area contributed by atoms with Crippen LogP contribution >= 0.6 is 27.0 Å². The molecule has 0 aromatic heterocycles. The summed E-state index contributed by atoms with van der Waals surface area (Å²) in [4.78, 5) is 37.3. The van der Waals surface area contributed by atoms with E-state index in [-0.39, 0.29) is 26.1 Å². The van der Waals surface area contributed by atoms with Crippen LogP contribution in [0.4, 0.5) is 17.6 Å². The Bertz CT molecular complexity index is 1590. The van der Waals surface area contributed by atoms with E-state index in [2.05, 4.69) is 0 Å². The molecule has 4 aromatic carbocycles. The summed E-state index contributed by atoms with van der Waals surface area (Å²) in [7, 11) is -11.7. The third kappa shape index (κ3) is 9.65. The lowest BCUT2D eigenvalue weighted by molar-refractivity contribution is 0.0562. The van der Waals surface area contributed by atoms with E-state index in [0.29, 0.717) is 23.3 Å². The second-order valence-electron chi connectivity index (χ2n) is 11.2. The van der Waals surface area contributed by atoms with Gasteiger partial charge in [0.2, 0.25) is 0 Å². The number of rotatable bonds is 16. The Kier molecular flexibility index (Phi) is 12.0. The molecular formula is C33H34F4O7P2S. The van der Waals surface area contributed by atoms with Gasteiger partial charge in [0.15, 0.2) is 0 Å². The maximum absolute atomic E-state index is 14.7. The highest BCUT2D eigenvalue weighted by molar-refractivity contribution is 8.00. The van der Waals surface area contributed by atoms with Crippen molar-refractivity contribution in [3.05, 3.63) is 143 Å². The number of ether oxygens (including phenoxy) is 1. The smallest absolute Gasteiger partial charge is 0.375 e. The Morgan fingerprint density at radius 1 is 0.596 bits per heavy atom. The molecule has 0 atom stereocenters. The predicted octanol–water partition coefficient (Wildman–Crippen LogP) is 7.86. The largest absolute Gasteiger partial charge is 0.399 e. The molecule has 252 valence electrons. The average molecular weight is 713 g/mol. The van der Waals surface area contributed by atoms with Gasteiger partial charge < -0.3 is 24.3 Å². The summed E-state index contributed by atoms with van der Waals surface area (Å²) in [6.45, 7) is 0.175. The molecule has 0 heterocycles. The summed E-state index contributed by atoms with van der Waals surface area (Å²) in [5.74, 6) is 0.495. The first-order valence-electron chi connectivity index (χ1n) is 14.4. The van der Waals surface area contributed by atoms with E-state index in [0.717, 1.165) is 35.4 Å². The lowest BCUT2D eigenvalue weighted by Gasteiger charge is -2.34. The minimum Gasteiger partial charge on any atom is -0.375 e. The monoisotopic (exact) mass is 712 g/mol. The molecule has 0 aliphatic rings. The third-order valence-corrected chi connectivity index (χ3v) is 10.9. The van der Waals surface area contributed by atoms with Crippen molar-refractivity contribution in [2.45, 2.75) is 41.9 Å². The van der Waals surface area contributed by atoms with Gasteiger partial charge in [0.1, 0.15) is 0 Å².